The van der Waals surface area contributed by atoms with Crippen molar-refractivity contribution >= 4 is 46.4 Å². The largest absolute Gasteiger partial charge is 0.486 e. The van der Waals surface area contributed by atoms with Crippen molar-refractivity contribution in [2.75, 3.05) is 0 Å². The fourth-order valence-electron chi connectivity index (χ4n) is 7.12. The molecule has 0 unspecified atom stereocenters. The topological polar surface area (TPSA) is 56.7 Å². The standard InChI is InChI=1S/C31H20N3O.C17H22NSi.Ir/c1-20-18-19-24-23-13-9-14-25(29(23)35-31(24)32-20)30-33-26-15-6-8-17-28(26)34(30)27-16-7-5-12-22(27)21-10-3-2-4-11-21;1-13(2)15-11-16(14-9-7-6-8-10-14)18-12-17(15)19(3,4)5;/h2-13,15-19H,1H3;6-9,11-13H,1-5H3;/q2*-1;. The molecule has 5 nitrogen and oxygen atoms in total. The maximum absolute atomic E-state index is 6.32. The molecule has 0 amide bonds. The number of nitrogens with zero attached hydrogens (tertiary/aromatic N) is 4. The summed E-state index contributed by atoms with van der Waals surface area (Å²) in [6.45, 7) is 13.6. The Morgan fingerprint density at radius 3 is 2.24 bits per heavy atom. The number of aryl methyl sites for hydroxylation is 1. The SMILES string of the molecule is CC(C)c1cc(-c2[c-]cccc2)ncc1[Si](C)(C)C.Cc1ccc2c(n1)oc1c(-c3nc4ccccc4n3-c3ccccc3-c3ccccc3)[c-]ccc12.[Ir]. The summed E-state index contributed by atoms with van der Waals surface area (Å²) >= 11 is 0. The minimum atomic E-state index is -1.34. The van der Waals surface area contributed by atoms with Crippen molar-refractivity contribution in [2.45, 2.75) is 46.3 Å². The van der Waals surface area contributed by atoms with E-state index in [0.717, 1.165) is 72.5 Å². The summed E-state index contributed by atoms with van der Waals surface area (Å²) in [7, 11) is -1.34. The van der Waals surface area contributed by atoms with Crippen molar-refractivity contribution < 1.29 is 24.5 Å². The molecule has 4 aromatic heterocycles. The van der Waals surface area contributed by atoms with E-state index in [1.165, 1.54) is 10.8 Å². The van der Waals surface area contributed by atoms with Gasteiger partial charge in [0.05, 0.1) is 30.5 Å². The van der Waals surface area contributed by atoms with E-state index in [0.29, 0.717) is 11.6 Å². The monoisotopic (exact) mass is 911 g/mol. The van der Waals surface area contributed by atoms with Crippen LogP contribution >= 0.6 is 0 Å². The first-order chi connectivity index (χ1) is 26.2. The van der Waals surface area contributed by atoms with Gasteiger partial charge >= 0.3 is 0 Å². The molecule has 0 aliphatic heterocycles. The molecule has 7 heteroatoms. The van der Waals surface area contributed by atoms with Crippen LogP contribution in [0.4, 0.5) is 0 Å². The molecule has 0 saturated heterocycles. The third-order valence-electron chi connectivity index (χ3n) is 9.80. The molecule has 0 fully saturated rings. The van der Waals surface area contributed by atoms with Gasteiger partial charge in [0.15, 0.2) is 0 Å². The van der Waals surface area contributed by atoms with Gasteiger partial charge in [-0.1, -0.05) is 117 Å². The van der Waals surface area contributed by atoms with E-state index in [1.54, 1.807) is 0 Å². The van der Waals surface area contributed by atoms with Crippen LogP contribution < -0.4 is 5.19 Å². The van der Waals surface area contributed by atoms with Gasteiger partial charge < -0.3 is 14.0 Å². The predicted octanol–water partition coefficient (Wildman–Crippen LogP) is 12.0. The van der Waals surface area contributed by atoms with Gasteiger partial charge in [0, 0.05) is 48.6 Å². The summed E-state index contributed by atoms with van der Waals surface area (Å²) in [5.74, 6) is 1.32. The Balaban J connectivity index is 0.000000199. The first kappa shape index (κ1) is 37.8. The zero-order valence-electron chi connectivity index (χ0n) is 31.9. The molecular formula is C48H42IrN4OSi-2. The second kappa shape index (κ2) is 15.7. The smallest absolute Gasteiger partial charge is 0.216 e. The van der Waals surface area contributed by atoms with Crippen LogP contribution in [0.15, 0.2) is 144 Å². The number of pyridine rings is 2. The Kier molecular flexibility index (Phi) is 10.8. The molecule has 5 aromatic carbocycles. The molecule has 0 N–H and O–H groups in total. The molecule has 55 heavy (non-hydrogen) atoms. The van der Waals surface area contributed by atoms with E-state index >= 15 is 0 Å². The summed E-state index contributed by atoms with van der Waals surface area (Å²) in [5, 5.41) is 3.48. The van der Waals surface area contributed by atoms with Gasteiger partial charge in [0.25, 0.3) is 0 Å². The van der Waals surface area contributed by atoms with E-state index in [2.05, 4.69) is 139 Å². The van der Waals surface area contributed by atoms with Crippen LogP contribution in [0.25, 0.3) is 72.6 Å². The number of hydrogen-bond acceptors (Lipinski definition) is 4. The van der Waals surface area contributed by atoms with Crippen molar-refractivity contribution in [1.82, 2.24) is 19.5 Å². The van der Waals surface area contributed by atoms with Gasteiger partial charge in [-0.25, -0.2) is 4.98 Å². The van der Waals surface area contributed by atoms with Gasteiger partial charge in [0.2, 0.25) is 5.71 Å². The normalized spacial score (nSPS) is 11.5. The second-order valence-corrected chi connectivity index (χ2v) is 20.0. The summed E-state index contributed by atoms with van der Waals surface area (Å²) in [4.78, 5) is 14.4. The van der Waals surface area contributed by atoms with Crippen LogP contribution in [-0.2, 0) is 20.1 Å². The van der Waals surface area contributed by atoms with Crippen LogP contribution in [0.3, 0.4) is 0 Å². The Morgan fingerprint density at radius 2 is 1.47 bits per heavy atom. The molecule has 0 aliphatic rings. The first-order valence-corrected chi connectivity index (χ1v) is 22.0. The third kappa shape index (κ3) is 7.48. The Bertz CT molecular complexity index is 2750. The quantitative estimate of drug-likeness (QED) is 0.123. The molecule has 275 valence electrons. The maximum atomic E-state index is 6.32. The average Bonchev–Trinajstić information content (AvgIpc) is 3.76. The van der Waals surface area contributed by atoms with E-state index in [1.807, 2.05) is 67.6 Å². The van der Waals surface area contributed by atoms with Crippen molar-refractivity contribution in [2.24, 2.45) is 0 Å². The van der Waals surface area contributed by atoms with Crippen LogP contribution in [0.2, 0.25) is 19.6 Å². The van der Waals surface area contributed by atoms with Crippen molar-refractivity contribution in [3.05, 3.63) is 163 Å². The zero-order valence-corrected chi connectivity index (χ0v) is 35.3. The van der Waals surface area contributed by atoms with E-state index in [4.69, 9.17) is 9.40 Å². The fourth-order valence-corrected chi connectivity index (χ4v) is 8.80. The van der Waals surface area contributed by atoms with Crippen LogP contribution in [0, 0.1) is 19.1 Å². The van der Waals surface area contributed by atoms with Crippen LogP contribution in [0.5, 0.6) is 0 Å². The molecule has 0 atom stereocenters. The number of rotatable bonds is 6. The van der Waals surface area contributed by atoms with Gasteiger partial charge in [0.1, 0.15) is 0 Å². The third-order valence-corrected chi connectivity index (χ3v) is 11.8. The molecule has 1 radical (unpaired) electrons. The number of para-hydroxylation sites is 3. The minimum absolute atomic E-state index is 0. The van der Waals surface area contributed by atoms with Crippen LogP contribution in [-0.4, -0.2) is 27.6 Å². The fraction of sp³-hybridized carbons (Fsp3) is 0.146. The van der Waals surface area contributed by atoms with E-state index < -0.39 is 8.07 Å². The van der Waals surface area contributed by atoms with E-state index in [-0.39, 0.29) is 20.1 Å². The summed E-state index contributed by atoms with van der Waals surface area (Å²) < 4.78 is 8.54. The molecule has 0 bridgehead atoms. The zero-order chi connectivity index (χ0) is 37.4. The van der Waals surface area contributed by atoms with Crippen LogP contribution in [0.1, 0.15) is 31.0 Å². The van der Waals surface area contributed by atoms with E-state index in [9.17, 15) is 0 Å². The van der Waals surface area contributed by atoms with Crippen molar-refractivity contribution in [3.8, 4) is 39.5 Å². The number of fused-ring (bicyclic) bond motifs is 4. The molecule has 0 spiro atoms. The maximum Gasteiger partial charge on any atom is 0.216 e. The molecule has 9 rings (SSSR count). The average molecular weight is 911 g/mol. The Morgan fingerprint density at radius 1 is 0.727 bits per heavy atom. The Hall–Kier alpha value is -5.46. The number of hydrogen-bond donors (Lipinski definition) is 0. The molecule has 4 heterocycles. The molecule has 0 aliphatic carbocycles. The number of aromatic nitrogens is 4. The second-order valence-electron chi connectivity index (χ2n) is 15.0. The molecule has 9 aromatic rings. The van der Waals surface area contributed by atoms with Gasteiger partial charge in [-0.3, -0.25) is 4.98 Å². The van der Waals surface area contributed by atoms with Crippen molar-refractivity contribution in [1.29, 1.82) is 0 Å². The summed E-state index contributed by atoms with van der Waals surface area (Å²) in [5.41, 5.74) is 12.0. The first-order valence-electron chi connectivity index (χ1n) is 18.5. The van der Waals surface area contributed by atoms with Crippen molar-refractivity contribution in [3.63, 3.8) is 0 Å². The van der Waals surface area contributed by atoms with Gasteiger partial charge in [-0.2, -0.15) is 0 Å². The minimum Gasteiger partial charge on any atom is -0.486 e. The molecule has 0 saturated carbocycles. The molecular weight excluding hydrogens is 869 g/mol. The Labute approximate surface area is 337 Å². The number of benzene rings is 5. The summed E-state index contributed by atoms with van der Waals surface area (Å²) in [6, 6.07) is 52.1. The number of imidazole rings is 1. The summed E-state index contributed by atoms with van der Waals surface area (Å²) in [6.07, 6.45) is 2.09. The van der Waals surface area contributed by atoms with Gasteiger partial charge in [-0.05, 0) is 59.6 Å². The van der Waals surface area contributed by atoms with Gasteiger partial charge in [-0.15, -0.1) is 54.1 Å². The number of furan rings is 1. The predicted molar refractivity (Wildman–Crippen MR) is 226 cm³/mol.